The average molecular weight is 240 g/mol. The molecule has 4 atom stereocenters. The Morgan fingerprint density at radius 1 is 1.12 bits per heavy atom. The van der Waals surface area contributed by atoms with E-state index < -0.39 is 5.79 Å². The van der Waals surface area contributed by atoms with E-state index in [1.54, 1.807) is 0 Å². The number of fused-ring (bicyclic) bond motifs is 2. The molecule has 0 aromatic heterocycles. The third-order valence-electron chi connectivity index (χ3n) is 5.54. The number of aliphatic hydroxyl groups is 1. The molecule has 0 aromatic rings. The van der Waals surface area contributed by atoms with Gasteiger partial charge in [0.25, 0.3) is 0 Å². The van der Waals surface area contributed by atoms with E-state index in [0.717, 1.165) is 19.3 Å². The second-order valence-corrected chi connectivity index (χ2v) is 6.75. The molecule has 98 valence electrons. The van der Waals surface area contributed by atoms with Crippen molar-refractivity contribution in [2.75, 3.05) is 6.61 Å². The molecule has 2 saturated carbocycles. The van der Waals surface area contributed by atoms with Gasteiger partial charge in [0.05, 0.1) is 12.7 Å². The van der Waals surface area contributed by atoms with E-state index in [-0.39, 0.29) is 17.1 Å². The highest BCUT2D eigenvalue weighted by Gasteiger charge is 2.66. The number of rotatable bonds is 0. The van der Waals surface area contributed by atoms with Gasteiger partial charge in [0, 0.05) is 5.41 Å². The molecule has 1 spiro atoms. The van der Waals surface area contributed by atoms with Crippen LogP contribution in [0.5, 0.6) is 0 Å². The molecule has 0 bridgehead atoms. The number of ether oxygens (including phenoxy) is 2. The Morgan fingerprint density at radius 3 is 2.53 bits per heavy atom. The SMILES string of the molecule is CC1(C)OC[C@@]2(CC[C@@H]3CCC[C@H](O)[C@@]32C)O1. The second kappa shape index (κ2) is 3.46. The fourth-order valence-electron chi connectivity index (χ4n) is 4.43. The van der Waals surface area contributed by atoms with Crippen molar-refractivity contribution in [2.45, 2.75) is 70.4 Å². The normalized spacial score (nSPS) is 52.9. The molecule has 0 aromatic carbocycles. The first-order chi connectivity index (χ1) is 7.90. The molecule has 3 aliphatic rings. The first-order valence-electron chi connectivity index (χ1n) is 6.92. The van der Waals surface area contributed by atoms with E-state index in [4.69, 9.17) is 9.47 Å². The van der Waals surface area contributed by atoms with Crippen molar-refractivity contribution < 1.29 is 14.6 Å². The minimum atomic E-state index is -0.491. The predicted octanol–water partition coefficient (Wildman–Crippen LogP) is 2.47. The van der Waals surface area contributed by atoms with Crippen molar-refractivity contribution in [3.05, 3.63) is 0 Å². The highest BCUT2D eigenvalue weighted by Crippen LogP contribution is 2.61. The Hall–Kier alpha value is -0.120. The van der Waals surface area contributed by atoms with Crippen LogP contribution in [0.4, 0.5) is 0 Å². The monoisotopic (exact) mass is 240 g/mol. The maximum absolute atomic E-state index is 10.5. The van der Waals surface area contributed by atoms with Crippen molar-refractivity contribution in [3.8, 4) is 0 Å². The van der Waals surface area contributed by atoms with Crippen LogP contribution >= 0.6 is 0 Å². The summed E-state index contributed by atoms with van der Waals surface area (Å²) in [5.41, 5.74) is -0.361. The van der Waals surface area contributed by atoms with Gasteiger partial charge in [-0.05, 0) is 45.4 Å². The predicted molar refractivity (Wildman–Crippen MR) is 64.5 cm³/mol. The van der Waals surface area contributed by atoms with E-state index in [1.807, 2.05) is 13.8 Å². The minimum Gasteiger partial charge on any atom is -0.392 e. The average Bonchev–Trinajstić information content (AvgIpc) is 2.71. The Labute approximate surface area is 103 Å². The lowest BCUT2D eigenvalue weighted by atomic mass is 9.62. The Kier molecular flexibility index (Phi) is 2.43. The van der Waals surface area contributed by atoms with Crippen LogP contribution in [0.25, 0.3) is 0 Å². The molecular weight excluding hydrogens is 216 g/mol. The molecule has 0 radical (unpaired) electrons. The lowest BCUT2D eigenvalue weighted by Crippen LogP contribution is -2.56. The summed E-state index contributed by atoms with van der Waals surface area (Å²) >= 11 is 0. The summed E-state index contributed by atoms with van der Waals surface area (Å²) in [6, 6.07) is 0. The van der Waals surface area contributed by atoms with Crippen molar-refractivity contribution in [1.82, 2.24) is 0 Å². The number of hydrogen-bond acceptors (Lipinski definition) is 3. The van der Waals surface area contributed by atoms with E-state index in [9.17, 15) is 5.11 Å². The van der Waals surface area contributed by atoms with Crippen molar-refractivity contribution in [3.63, 3.8) is 0 Å². The highest BCUT2D eigenvalue weighted by atomic mass is 16.8. The molecule has 3 heteroatoms. The van der Waals surface area contributed by atoms with Gasteiger partial charge in [0.15, 0.2) is 5.79 Å². The van der Waals surface area contributed by atoms with E-state index in [1.165, 1.54) is 12.8 Å². The zero-order valence-electron chi connectivity index (χ0n) is 11.2. The molecule has 0 unspecified atom stereocenters. The molecule has 1 saturated heterocycles. The third kappa shape index (κ3) is 1.45. The van der Waals surface area contributed by atoms with Gasteiger partial charge in [0.2, 0.25) is 0 Å². The molecule has 2 aliphatic carbocycles. The first-order valence-corrected chi connectivity index (χ1v) is 6.92. The van der Waals surface area contributed by atoms with Crippen LogP contribution in [0.1, 0.15) is 52.9 Å². The lowest BCUT2D eigenvalue weighted by Gasteiger charge is -2.49. The fourth-order valence-corrected chi connectivity index (χ4v) is 4.43. The Balaban J connectivity index is 1.96. The maximum atomic E-state index is 10.5. The van der Waals surface area contributed by atoms with Crippen LogP contribution in [-0.2, 0) is 9.47 Å². The molecule has 3 nitrogen and oxygen atoms in total. The first kappa shape index (κ1) is 11.9. The fraction of sp³-hybridized carbons (Fsp3) is 1.00. The van der Waals surface area contributed by atoms with E-state index in [0.29, 0.717) is 12.5 Å². The van der Waals surface area contributed by atoms with Gasteiger partial charge in [-0.15, -0.1) is 0 Å². The van der Waals surface area contributed by atoms with Gasteiger partial charge in [-0.2, -0.15) is 0 Å². The van der Waals surface area contributed by atoms with Crippen LogP contribution < -0.4 is 0 Å². The summed E-state index contributed by atoms with van der Waals surface area (Å²) in [4.78, 5) is 0. The summed E-state index contributed by atoms with van der Waals surface area (Å²) in [7, 11) is 0. The van der Waals surface area contributed by atoms with Gasteiger partial charge in [-0.3, -0.25) is 0 Å². The Morgan fingerprint density at radius 2 is 1.88 bits per heavy atom. The molecule has 1 aliphatic heterocycles. The molecular formula is C14H24O3. The topological polar surface area (TPSA) is 38.7 Å². The van der Waals surface area contributed by atoms with Crippen molar-refractivity contribution in [1.29, 1.82) is 0 Å². The van der Waals surface area contributed by atoms with Gasteiger partial charge in [-0.25, -0.2) is 0 Å². The van der Waals surface area contributed by atoms with Crippen LogP contribution in [-0.4, -0.2) is 29.2 Å². The van der Waals surface area contributed by atoms with Crippen molar-refractivity contribution >= 4 is 0 Å². The molecule has 1 heterocycles. The quantitative estimate of drug-likeness (QED) is 0.707. The second-order valence-electron chi connectivity index (χ2n) is 6.75. The third-order valence-corrected chi connectivity index (χ3v) is 5.54. The largest absolute Gasteiger partial charge is 0.392 e. The van der Waals surface area contributed by atoms with Gasteiger partial charge < -0.3 is 14.6 Å². The zero-order chi connectivity index (χ0) is 12.3. The summed E-state index contributed by atoms with van der Waals surface area (Å²) in [6.45, 7) is 6.82. The van der Waals surface area contributed by atoms with E-state index in [2.05, 4.69) is 6.92 Å². The molecule has 0 amide bonds. The summed E-state index contributed by atoms with van der Waals surface area (Å²) in [5, 5.41) is 10.5. The minimum absolute atomic E-state index is 0.112. The van der Waals surface area contributed by atoms with E-state index >= 15 is 0 Å². The van der Waals surface area contributed by atoms with Gasteiger partial charge in [-0.1, -0.05) is 13.3 Å². The molecule has 17 heavy (non-hydrogen) atoms. The summed E-state index contributed by atoms with van der Waals surface area (Å²) in [5.74, 6) is 0.110. The smallest absolute Gasteiger partial charge is 0.163 e. The van der Waals surface area contributed by atoms with Crippen LogP contribution in [0.2, 0.25) is 0 Å². The molecule has 1 N–H and O–H groups in total. The van der Waals surface area contributed by atoms with Crippen LogP contribution in [0.3, 0.4) is 0 Å². The summed E-state index contributed by atoms with van der Waals surface area (Å²) in [6.07, 6.45) is 5.28. The van der Waals surface area contributed by atoms with Crippen LogP contribution in [0, 0.1) is 11.3 Å². The maximum Gasteiger partial charge on any atom is 0.163 e. The number of hydrogen-bond donors (Lipinski definition) is 1. The molecule has 3 rings (SSSR count). The van der Waals surface area contributed by atoms with Crippen LogP contribution in [0.15, 0.2) is 0 Å². The molecule has 3 fully saturated rings. The van der Waals surface area contributed by atoms with Gasteiger partial charge >= 0.3 is 0 Å². The Bertz CT molecular complexity index is 327. The summed E-state index contributed by atoms with van der Waals surface area (Å²) < 4.78 is 12.1. The van der Waals surface area contributed by atoms with Crippen molar-refractivity contribution in [2.24, 2.45) is 11.3 Å². The van der Waals surface area contributed by atoms with Gasteiger partial charge in [0.1, 0.15) is 5.60 Å². The standard InChI is InChI=1S/C14H24O3/c1-12(2)16-9-14(17-12)8-7-10-5-4-6-11(15)13(10,14)3/h10-11,15H,4-9H2,1-3H3/t10-,11-,13+,14+/m0/s1. The highest BCUT2D eigenvalue weighted by molar-refractivity contribution is 5.13. The zero-order valence-corrected chi connectivity index (χ0v) is 11.2. The number of aliphatic hydroxyl groups excluding tert-OH is 1. The lowest BCUT2D eigenvalue weighted by molar-refractivity contribution is -0.208.